The largest absolute Gasteiger partial charge is 0.486 e. The Labute approximate surface area is 120 Å². The Morgan fingerprint density at radius 1 is 1.20 bits per heavy atom. The fraction of sp³-hybridized carbons (Fsp3) is 0.375. The second-order valence-electron chi connectivity index (χ2n) is 5.08. The zero-order chi connectivity index (χ0) is 14.5. The van der Waals surface area contributed by atoms with Gasteiger partial charge in [0.25, 0.3) is 0 Å². The third-order valence-electron chi connectivity index (χ3n) is 3.05. The highest BCUT2D eigenvalue weighted by atomic mass is 16.5. The number of aryl methyl sites for hydroxylation is 1. The Kier molecular flexibility index (Phi) is 4.56. The fourth-order valence-corrected chi connectivity index (χ4v) is 1.93. The predicted molar refractivity (Wildman–Crippen MR) is 81.2 cm³/mol. The molecule has 4 nitrogen and oxygen atoms in total. The lowest BCUT2D eigenvalue weighted by molar-refractivity contribution is 0.295. The smallest absolute Gasteiger partial charge is 0.168 e. The number of nitrogens with one attached hydrogen (secondary N) is 1. The van der Waals surface area contributed by atoms with Crippen molar-refractivity contribution in [2.24, 2.45) is 0 Å². The monoisotopic (exact) mass is 271 g/mol. The van der Waals surface area contributed by atoms with Crippen LogP contribution in [0, 0.1) is 6.92 Å². The maximum atomic E-state index is 5.78. The van der Waals surface area contributed by atoms with E-state index in [-0.39, 0.29) is 0 Å². The number of hydrogen-bond acceptors (Lipinski definition) is 4. The van der Waals surface area contributed by atoms with Gasteiger partial charge in [-0.05, 0) is 30.5 Å². The lowest BCUT2D eigenvalue weighted by Gasteiger charge is -2.10. The van der Waals surface area contributed by atoms with Gasteiger partial charge in [0.1, 0.15) is 18.2 Å². The molecule has 1 aromatic carbocycles. The molecule has 4 heteroatoms. The van der Waals surface area contributed by atoms with Gasteiger partial charge < -0.3 is 10.1 Å². The molecule has 0 aliphatic heterocycles. The molecule has 0 fully saturated rings. The van der Waals surface area contributed by atoms with Crippen molar-refractivity contribution in [3.05, 3.63) is 47.4 Å². The highest BCUT2D eigenvalue weighted by Crippen LogP contribution is 2.20. The molecular formula is C16H21N3O. The van der Waals surface area contributed by atoms with E-state index in [1.165, 1.54) is 5.56 Å². The molecule has 0 atom stereocenters. The Morgan fingerprint density at radius 2 is 2.00 bits per heavy atom. The molecule has 2 aromatic rings. The molecule has 0 saturated heterocycles. The quantitative estimate of drug-likeness (QED) is 0.903. The molecule has 0 saturated carbocycles. The summed E-state index contributed by atoms with van der Waals surface area (Å²) in [5, 5.41) is 3.02. The molecule has 0 spiro atoms. The minimum absolute atomic E-state index is 0.373. The average Bonchev–Trinajstić information content (AvgIpc) is 2.44. The van der Waals surface area contributed by atoms with Crippen LogP contribution in [0.5, 0.6) is 5.75 Å². The first kappa shape index (κ1) is 14.3. The summed E-state index contributed by atoms with van der Waals surface area (Å²) in [5.74, 6) is 2.84. The molecule has 2 rings (SSSR count). The minimum Gasteiger partial charge on any atom is -0.486 e. The van der Waals surface area contributed by atoms with Crippen LogP contribution in [0.25, 0.3) is 0 Å². The number of hydrogen-bond donors (Lipinski definition) is 1. The highest BCUT2D eigenvalue weighted by Gasteiger charge is 2.04. The lowest BCUT2D eigenvalue weighted by Crippen LogP contribution is -2.05. The SMILES string of the molecule is CNc1cc(C)nc(COc2cccc(C(C)C)c2)n1. The normalized spacial score (nSPS) is 10.7. The predicted octanol–water partition coefficient (Wildman–Crippen LogP) is 3.53. The number of anilines is 1. The van der Waals surface area contributed by atoms with Crippen LogP contribution in [0.2, 0.25) is 0 Å². The van der Waals surface area contributed by atoms with Gasteiger partial charge in [-0.2, -0.15) is 0 Å². The molecule has 1 heterocycles. The Hall–Kier alpha value is -2.10. The van der Waals surface area contributed by atoms with Crippen LogP contribution in [0.3, 0.4) is 0 Å². The third-order valence-corrected chi connectivity index (χ3v) is 3.05. The molecule has 1 N–H and O–H groups in total. The van der Waals surface area contributed by atoms with E-state index in [0.29, 0.717) is 18.3 Å². The van der Waals surface area contributed by atoms with Crippen LogP contribution in [-0.4, -0.2) is 17.0 Å². The lowest BCUT2D eigenvalue weighted by atomic mass is 10.0. The van der Waals surface area contributed by atoms with Gasteiger partial charge >= 0.3 is 0 Å². The van der Waals surface area contributed by atoms with E-state index in [1.54, 1.807) is 0 Å². The van der Waals surface area contributed by atoms with E-state index in [1.807, 2.05) is 32.2 Å². The third kappa shape index (κ3) is 3.70. The second kappa shape index (κ2) is 6.37. The Bertz CT molecular complexity index is 582. The van der Waals surface area contributed by atoms with Crippen LogP contribution < -0.4 is 10.1 Å². The average molecular weight is 271 g/mol. The van der Waals surface area contributed by atoms with Crippen LogP contribution in [0.15, 0.2) is 30.3 Å². The zero-order valence-electron chi connectivity index (χ0n) is 12.5. The van der Waals surface area contributed by atoms with Crippen LogP contribution in [0.1, 0.15) is 36.8 Å². The summed E-state index contributed by atoms with van der Waals surface area (Å²) < 4.78 is 5.78. The maximum Gasteiger partial charge on any atom is 0.168 e. The van der Waals surface area contributed by atoms with Crippen molar-refractivity contribution in [3.63, 3.8) is 0 Å². The van der Waals surface area contributed by atoms with Gasteiger partial charge in [-0.25, -0.2) is 9.97 Å². The number of aromatic nitrogens is 2. The Balaban J connectivity index is 2.08. The summed E-state index contributed by atoms with van der Waals surface area (Å²) in [6.45, 7) is 6.66. The van der Waals surface area contributed by atoms with E-state index in [0.717, 1.165) is 17.3 Å². The first-order valence-corrected chi connectivity index (χ1v) is 6.83. The Morgan fingerprint density at radius 3 is 2.70 bits per heavy atom. The van der Waals surface area contributed by atoms with Crippen molar-refractivity contribution < 1.29 is 4.74 Å². The summed E-state index contributed by atoms with van der Waals surface area (Å²) in [6.07, 6.45) is 0. The van der Waals surface area contributed by atoms with Crippen molar-refractivity contribution in [3.8, 4) is 5.75 Å². The van der Waals surface area contributed by atoms with E-state index < -0.39 is 0 Å². The topological polar surface area (TPSA) is 47.0 Å². The standard InChI is InChI=1S/C16H21N3O/c1-11(2)13-6-5-7-14(9-13)20-10-16-18-12(3)8-15(17-4)19-16/h5-9,11H,10H2,1-4H3,(H,17,18,19). The van der Waals surface area contributed by atoms with E-state index >= 15 is 0 Å². The van der Waals surface area contributed by atoms with Gasteiger partial charge in [0.2, 0.25) is 0 Å². The molecule has 0 aliphatic carbocycles. The van der Waals surface area contributed by atoms with Crippen LogP contribution >= 0.6 is 0 Å². The van der Waals surface area contributed by atoms with E-state index in [9.17, 15) is 0 Å². The minimum atomic E-state index is 0.373. The maximum absolute atomic E-state index is 5.78. The van der Waals surface area contributed by atoms with Gasteiger partial charge in [0.05, 0.1) is 0 Å². The van der Waals surface area contributed by atoms with Gasteiger partial charge in [-0.3, -0.25) is 0 Å². The van der Waals surface area contributed by atoms with Crippen molar-refractivity contribution in [1.29, 1.82) is 0 Å². The first-order valence-electron chi connectivity index (χ1n) is 6.83. The highest BCUT2D eigenvalue weighted by molar-refractivity contribution is 5.35. The number of ether oxygens (including phenoxy) is 1. The summed E-state index contributed by atoms with van der Waals surface area (Å²) in [6, 6.07) is 10.1. The fourth-order valence-electron chi connectivity index (χ4n) is 1.93. The summed E-state index contributed by atoms with van der Waals surface area (Å²) in [5.41, 5.74) is 2.20. The van der Waals surface area contributed by atoms with Crippen molar-refractivity contribution in [1.82, 2.24) is 9.97 Å². The molecular weight excluding hydrogens is 250 g/mol. The van der Waals surface area contributed by atoms with Crippen LogP contribution in [-0.2, 0) is 6.61 Å². The summed E-state index contributed by atoms with van der Waals surface area (Å²) >= 11 is 0. The zero-order valence-corrected chi connectivity index (χ0v) is 12.5. The molecule has 0 bridgehead atoms. The number of nitrogens with zero attached hydrogens (tertiary/aromatic N) is 2. The van der Waals surface area contributed by atoms with Gasteiger partial charge in [0, 0.05) is 18.8 Å². The molecule has 0 amide bonds. The molecule has 0 unspecified atom stereocenters. The van der Waals surface area contributed by atoms with Gasteiger partial charge in [0.15, 0.2) is 5.82 Å². The van der Waals surface area contributed by atoms with Gasteiger partial charge in [-0.15, -0.1) is 0 Å². The van der Waals surface area contributed by atoms with Crippen molar-refractivity contribution >= 4 is 5.82 Å². The molecule has 0 aliphatic rings. The molecule has 20 heavy (non-hydrogen) atoms. The van der Waals surface area contributed by atoms with Crippen molar-refractivity contribution in [2.75, 3.05) is 12.4 Å². The van der Waals surface area contributed by atoms with Crippen molar-refractivity contribution in [2.45, 2.75) is 33.3 Å². The summed E-state index contributed by atoms with van der Waals surface area (Å²) in [7, 11) is 1.85. The van der Waals surface area contributed by atoms with E-state index in [4.69, 9.17) is 4.74 Å². The van der Waals surface area contributed by atoms with Crippen LogP contribution in [0.4, 0.5) is 5.82 Å². The molecule has 0 radical (unpaired) electrons. The number of benzene rings is 1. The molecule has 106 valence electrons. The first-order chi connectivity index (χ1) is 9.58. The van der Waals surface area contributed by atoms with Gasteiger partial charge in [-0.1, -0.05) is 26.0 Å². The molecule has 1 aromatic heterocycles. The number of rotatable bonds is 5. The second-order valence-corrected chi connectivity index (χ2v) is 5.08. The van der Waals surface area contributed by atoms with E-state index in [2.05, 4.69) is 41.3 Å². The summed E-state index contributed by atoms with van der Waals surface area (Å²) in [4.78, 5) is 8.76.